The Bertz CT molecular complexity index is 1780. The lowest BCUT2D eigenvalue weighted by atomic mass is 9.85. The molecule has 10 heteroatoms. The van der Waals surface area contributed by atoms with Gasteiger partial charge in [-0.25, -0.2) is 14.6 Å². The van der Waals surface area contributed by atoms with Crippen molar-refractivity contribution in [1.82, 2.24) is 24.5 Å². The molecule has 48 heavy (non-hydrogen) atoms. The lowest BCUT2D eigenvalue weighted by Gasteiger charge is -2.37. The smallest absolute Gasteiger partial charge is 0.410 e. The molecule has 0 bridgehead atoms. The first kappa shape index (κ1) is 33.1. The van der Waals surface area contributed by atoms with Crippen molar-refractivity contribution in [2.24, 2.45) is 5.41 Å². The Hall–Kier alpha value is -4.86. The number of fused-ring (bicyclic) bond motifs is 2. The summed E-state index contributed by atoms with van der Waals surface area (Å²) < 4.78 is 13.4. The monoisotopic (exact) mass is 651 g/mol. The summed E-state index contributed by atoms with van der Waals surface area (Å²) in [6.45, 7) is 12.1. The van der Waals surface area contributed by atoms with Gasteiger partial charge in [-0.1, -0.05) is 81.4 Å². The zero-order valence-electron chi connectivity index (χ0n) is 28.6. The Morgan fingerprint density at radius 1 is 0.917 bits per heavy atom. The number of nitrogens with zero attached hydrogens (tertiary/aromatic N) is 4. The van der Waals surface area contributed by atoms with Crippen LogP contribution in [0.2, 0.25) is 0 Å². The van der Waals surface area contributed by atoms with Crippen LogP contribution in [0.15, 0.2) is 85.2 Å². The van der Waals surface area contributed by atoms with Gasteiger partial charge in [0.1, 0.15) is 23.9 Å². The summed E-state index contributed by atoms with van der Waals surface area (Å²) in [6.07, 6.45) is 3.49. The number of hydrogen-bond donors (Lipinski definition) is 1. The highest BCUT2D eigenvalue weighted by molar-refractivity contribution is 5.87. The Kier molecular flexibility index (Phi) is 8.94. The summed E-state index contributed by atoms with van der Waals surface area (Å²) in [7, 11) is 0. The number of carbonyl (C=O) groups is 3. The van der Waals surface area contributed by atoms with Gasteiger partial charge in [0.25, 0.3) is 0 Å². The van der Waals surface area contributed by atoms with Gasteiger partial charge in [0, 0.05) is 37.0 Å². The predicted octanol–water partition coefficient (Wildman–Crippen LogP) is 6.65. The molecule has 1 N–H and O–H groups in total. The van der Waals surface area contributed by atoms with Crippen molar-refractivity contribution in [3.05, 3.63) is 96.4 Å². The highest BCUT2D eigenvalue weighted by Gasteiger charge is 2.55. The first-order valence-corrected chi connectivity index (χ1v) is 16.6. The number of imidazole rings is 1. The second kappa shape index (κ2) is 13.0. The normalized spacial score (nSPS) is 20.0. The fraction of sp³-hybridized carbons (Fsp3) is 0.421. The van der Waals surface area contributed by atoms with Crippen LogP contribution in [-0.2, 0) is 20.9 Å². The second-order valence-electron chi connectivity index (χ2n) is 14.8. The zero-order valence-corrected chi connectivity index (χ0v) is 28.6. The quantitative estimate of drug-likeness (QED) is 0.251. The van der Waals surface area contributed by atoms with Gasteiger partial charge in [0.2, 0.25) is 5.91 Å². The Balaban J connectivity index is 1.34. The molecular weight excluding hydrogens is 606 g/mol. The third-order valence-electron chi connectivity index (χ3n) is 9.09. The number of pyridine rings is 1. The first-order chi connectivity index (χ1) is 22.8. The predicted molar refractivity (Wildman–Crippen MR) is 183 cm³/mol. The molecule has 2 aromatic heterocycles. The van der Waals surface area contributed by atoms with E-state index in [1.54, 1.807) is 25.7 Å². The van der Waals surface area contributed by atoms with E-state index in [4.69, 9.17) is 14.5 Å². The van der Waals surface area contributed by atoms with Crippen LogP contribution in [0.3, 0.4) is 0 Å². The molecule has 2 aliphatic rings. The second-order valence-corrected chi connectivity index (χ2v) is 14.8. The standard InChI is InChI=1S/C38H45N5O5/c1-37(2,3)32(40-35(45)48-38(4,5)6)34(44)42-21-19-30-31(42)28(22-43(30)36(46)47-24-25-14-9-7-10-15-25)29-23-41-20-13-18-27(33(41)39-29)26-16-11-8-12-17-26/h7-18,20,23,28,30-32H,19,21-22,24H2,1-6H3,(H,40,45)/t28-,30-,31-,32-/m1/s1. The Labute approximate surface area is 282 Å². The van der Waals surface area contributed by atoms with E-state index in [-0.39, 0.29) is 30.5 Å². The van der Waals surface area contributed by atoms with E-state index >= 15 is 0 Å². The first-order valence-electron chi connectivity index (χ1n) is 16.6. The molecule has 0 aliphatic carbocycles. The fourth-order valence-corrected chi connectivity index (χ4v) is 6.91. The van der Waals surface area contributed by atoms with E-state index in [2.05, 4.69) is 17.4 Å². The number of hydrogen-bond acceptors (Lipinski definition) is 6. The van der Waals surface area contributed by atoms with Crippen LogP contribution in [0.4, 0.5) is 9.59 Å². The van der Waals surface area contributed by atoms with Crippen LogP contribution in [0.25, 0.3) is 16.8 Å². The Morgan fingerprint density at radius 3 is 2.27 bits per heavy atom. The van der Waals surface area contributed by atoms with Gasteiger partial charge in [-0.05, 0) is 55.9 Å². The van der Waals surface area contributed by atoms with Crippen LogP contribution < -0.4 is 5.32 Å². The van der Waals surface area contributed by atoms with E-state index < -0.39 is 29.2 Å². The van der Waals surface area contributed by atoms with Crippen molar-refractivity contribution in [3.8, 4) is 11.1 Å². The number of likely N-dealkylation sites (tertiary alicyclic amines) is 2. The van der Waals surface area contributed by atoms with Gasteiger partial charge in [-0.15, -0.1) is 0 Å². The number of aromatic nitrogens is 2. The largest absolute Gasteiger partial charge is 0.445 e. The number of carbonyl (C=O) groups excluding carboxylic acids is 3. The average molecular weight is 652 g/mol. The minimum Gasteiger partial charge on any atom is -0.445 e. The van der Waals surface area contributed by atoms with Crippen LogP contribution in [0.1, 0.15) is 65.1 Å². The molecule has 2 saturated heterocycles. The molecule has 6 rings (SSSR count). The SMILES string of the molecule is CC(C)(C)OC(=O)N[C@H](C(=O)N1CC[C@@H]2[C@H]1[C@@H](c1cn3cccc(-c4ccccc4)c3n1)CN2C(=O)OCc1ccccc1)C(C)(C)C. The Morgan fingerprint density at radius 2 is 1.60 bits per heavy atom. The maximum absolute atomic E-state index is 14.5. The number of alkyl carbamates (subject to hydrolysis) is 1. The fourth-order valence-electron chi connectivity index (χ4n) is 6.91. The highest BCUT2D eigenvalue weighted by Crippen LogP contribution is 2.42. The van der Waals surface area contributed by atoms with Crippen molar-refractivity contribution in [1.29, 1.82) is 0 Å². The van der Waals surface area contributed by atoms with Crippen LogP contribution in [0, 0.1) is 5.41 Å². The lowest BCUT2D eigenvalue weighted by Crippen LogP contribution is -2.57. The number of benzene rings is 2. The molecule has 4 atom stereocenters. The van der Waals surface area contributed by atoms with Gasteiger partial charge < -0.3 is 29.0 Å². The number of rotatable bonds is 6. The topological polar surface area (TPSA) is 105 Å². The van der Waals surface area contributed by atoms with Gasteiger partial charge in [0.15, 0.2) is 0 Å². The van der Waals surface area contributed by atoms with Crippen molar-refractivity contribution in [3.63, 3.8) is 0 Å². The molecule has 10 nitrogen and oxygen atoms in total. The minimum absolute atomic E-state index is 0.154. The van der Waals surface area contributed by atoms with Gasteiger partial charge >= 0.3 is 12.2 Å². The average Bonchev–Trinajstić information content (AvgIpc) is 3.76. The summed E-state index contributed by atoms with van der Waals surface area (Å²) >= 11 is 0. The van der Waals surface area contributed by atoms with Crippen LogP contribution >= 0.6 is 0 Å². The number of amides is 3. The number of ether oxygens (including phenoxy) is 2. The van der Waals surface area contributed by atoms with Gasteiger partial charge in [-0.2, -0.15) is 0 Å². The van der Waals surface area contributed by atoms with Gasteiger partial charge in [0.05, 0.1) is 17.8 Å². The molecule has 0 radical (unpaired) electrons. The third-order valence-corrected chi connectivity index (χ3v) is 9.09. The van der Waals surface area contributed by atoms with Crippen LogP contribution in [-0.4, -0.2) is 74.1 Å². The zero-order chi connectivity index (χ0) is 34.2. The molecule has 252 valence electrons. The molecule has 2 aliphatic heterocycles. The molecule has 2 aromatic carbocycles. The third kappa shape index (κ3) is 6.88. The molecule has 3 amide bonds. The van der Waals surface area contributed by atoms with E-state index in [9.17, 15) is 14.4 Å². The highest BCUT2D eigenvalue weighted by atomic mass is 16.6. The van der Waals surface area contributed by atoms with E-state index in [1.165, 1.54) is 0 Å². The van der Waals surface area contributed by atoms with E-state index in [0.717, 1.165) is 28.0 Å². The van der Waals surface area contributed by atoms with Crippen molar-refractivity contribution >= 4 is 23.7 Å². The van der Waals surface area contributed by atoms with Crippen molar-refractivity contribution in [2.45, 2.75) is 84.2 Å². The van der Waals surface area contributed by atoms with Crippen molar-refractivity contribution < 1.29 is 23.9 Å². The summed E-state index contributed by atoms with van der Waals surface area (Å²) in [5, 5.41) is 2.87. The molecule has 0 unspecified atom stereocenters. The molecule has 0 spiro atoms. The molecule has 0 saturated carbocycles. The van der Waals surface area contributed by atoms with Gasteiger partial charge in [-0.3, -0.25) is 4.79 Å². The molecule has 4 aromatic rings. The number of nitrogens with one attached hydrogen (secondary N) is 1. The van der Waals surface area contributed by atoms with E-state index in [0.29, 0.717) is 19.5 Å². The summed E-state index contributed by atoms with van der Waals surface area (Å²) in [4.78, 5) is 49.9. The molecular formula is C38H45N5O5. The van der Waals surface area contributed by atoms with Crippen molar-refractivity contribution in [2.75, 3.05) is 13.1 Å². The summed E-state index contributed by atoms with van der Waals surface area (Å²) in [5.74, 6) is -0.490. The molecule has 4 heterocycles. The maximum atomic E-state index is 14.5. The minimum atomic E-state index is -0.850. The molecule has 2 fully saturated rings. The summed E-state index contributed by atoms with van der Waals surface area (Å²) in [5.41, 5.74) is 3.21. The maximum Gasteiger partial charge on any atom is 0.410 e. The van der Waals surface area contributed by atoms with Crippen LogP contribution in [0.5, 0.6) is 0 Å². The summed E-state index contributed by atoms with van der Waals surface area (Å²) in [6, 6.07) is 22.2. The lowest BCUT2D eigenvalue weighted by molar-refractivity contribution is -0.137. The van der Waals surface area contributed by atoms with E-state index in [1.807, 2.05) is 103 Å².